The SMILES string of the molecule is CC(C)c1ccccc1Oc1cnc2[nH]c(=O)n(CCCOC=O)c(=O)c2c1Cc1ccc(F)cc1. The highest BCUT2D eigenvalue weighted by molar-refractivity contribution is 5.80. The van der Waals surface area contributed by atoms with E-state index in [1.54, 1.807) is 12.1 Å². The number of nitrogens with zero attached hydrogens (tertiary/aromatic N) is 2. The second-order valence-corrected chi connectivity index (χ2v) is 8.63. The zero-order valence-corrected chi connectivity index (χ0v) is 20.0. The summed E-state index contributed by atoms with van der Waals surface area (Å²) in [5.41, 5.74) is 1.24. The lowest BCUT2D eigenvalue weighted by atomic mass is 10.0. The van der Waals surface area contributed by atoms with E-state index in [9.17, 15) is 18.8 Å². The summed E-state index contributed by atoms with van der Waals surface area (Å²) in [7, 11) is 0. The van der Waals surface area contributed by atoms with Crippen LogP contribution in [0.4, 0.5) is 4.39 Å². The molecule has 9 heteroatoms. The fourth-order valence-corrected chi connectivity index (χ4v) is 4.05. The number of aromatic amines is 1. The van der Waals surface area contributed by atoms with Crippen molar-refractivity contribution in [2.75, 3.05) is 6.61 Å². The van der Waals surface area contributed by atoms with Gasteiger partial charge in [0, 0.05) is 18.5 Å². The summed E-state index contributed by atoms with van der Waals surface area (Å²) in [5, 5.41) is 0.203. The molecule has 1 N–H and O–H groups in total. The molecule has 0 aliphatic heterocycles. The molecule has 0 unspecified atom stereocenters. The minimum atomic E-state index is -0.613. The van der Waals surface area contributed by atoms with E-state index in [1.807, 2.05) is 24.3 Å². The van der Waals surface area contributed by atoms with E-state index in [4.69, 9.17) is 4.74 Å². The fourth-order valence-electron chi connectivity index (χ4n) is 4.05. The molecule has 2 aromatic carbocycles. The van der Waals surface area contributed by atoms with Crippen LogP contribution in [0.1, 0.15) is 42.9 Å². The third kappa shape index (κ3) is 5.35. The largest absolute Gasteiger partial charge is 0.468 e. The van der Waals surface area contributed by atoms with Crippen molar-refractivity contribution >= 4 is 17.5 Å². The number of rotatable bonds is 10. The maximum Gasteiger partial charge on any atom is 0.329 e. The Morgan fingerprint density at radius 1 is 1.08 bits per heavy atom. The van der Waals surface area contributed by atoms with Crippen LogP contribution in [0.25, 0.3) is 11.0 Å². The van der Waals surface area contributed by atoms with Gasteiger partial charge in [0.25, 0.3) is 12.0 Å². The van der Waals surface area contributed by atoms with E-state index in [2.05, 4.69) is 28.6 Å². The molecule has 0 bridgehead atoms. The molecule has 2 aromatic heterocycles. The standard InChI is InChI=1S/C27H26FN3O5/c1-17(2)20-6-3-4-7-22(20)36-23-15-29-25-24(21(23)14-18-8-10-19(28)11-9-18)26(33)31(27(34)30-25)12-5-13-35-16-32/h3-4,6-11,15-17H,5,12-14H2,1-2H3,(H,29,30,34). The van der Waals surface area contributed by atoms with Gasteiger partial charge in [-0.2, -0.15) is 0 Å². The predicted octanol–water partition coefficient (Wildman–Crippen LogP) is 4.29. The highest BCUT2D eigenvalue weighted by Crippen LogP contribution is 2.34. The Kier molecular flexibility index (Phi) is 7.58. The molecule has 36 heavy (non-hydrogen) atoms. The number of carbonyl (C=O) groups is 1. The summed E-state index contributed by atoms with van der Waals surface area (Å²) in [5.74, 6) is 0.812. The number of pyridine rings is 1. The van der Waals surface area contributed by atoms with Gasteiger partial charge >= 0.3 is 5.69 Å². The number of fused-ring (bicyclic) bond motifs is 1. The van der Waals surface area contributed by atoms with E-state index < -0.39 is 11.2 Å². The van der Waals surface area contributed by atoms with Gasteiger partial charge < -0.3 is 9.47 Å². The summed E-state index contributed by atoms with van der Waals surface area (Å²) in [4.78, 5) is 43.5. The van der Waals surface area contributed by atoms with Crippen LogP contribution in [0.2, 0.25) is 0 Å². The minimum absolute atomic E-state index is 0.0508. The van der Waals surface area contributed by atoms with Crippen molar-refractivity contribution in [1.82, 2.24) is 14.5 Å². The van der Waals surface area contributed by atoms with Crippen LogP contribution in [-0.4, -0.2) is 27.6 Å². The smallest absolute Gasteiger partial charge is 0.329 e. The molecule has 0 saturated carbocycles. The van der Waals surface area contributed by atoms with Gasteiger partial charge in [-0.05, 0) is 41.7 Å². The lowest BCUT2D eigenvalue weighted by Gasteiger charge is -2.17. The molecule has 4 rings (SSSR count). The number of para-hydroxylation sites is 1. The maximum absolute atomic E-state index is 13.5. The molecule has 0 aliphatic carbocycles. The van der Waals surface area contributed by atoms with Gasteiger partial charge in [-0.1, -0.05) is 44.2 Å². The van der Waals surface area contributed by atoms with Crippen molar-refractivity contribution < 1.29 is 18.7 Å². The average molecular weight is 492 g/mol. The molecule has 2 heterocycles. The molecular formula is C27H26FN3O5. The number of hydrogen-bond acceptors (Lipinski definition) is 6. The molecule has 0 fully saturated rings. The number of carbonyl (C=O) groups excluding carboxylic acids is 1. The first kappa shape index (κ1) is 24.8. The van der Waals surface area contributed by atoms with E-state index in [-0.39, 0.29) is 48.8 Å². The monoisotopic (exact) mass is 491 g/mol. The maximum atomic E-state index is 13.5. The topological polar surface area (TPSA) is 103 Å². The molecule has 8 nitrogen and oxygen atoms in total. The Hall–Kier alpha value is -4.27. The predicted molar refractivity (Wildman–Crippen MR) is 133 cm³/mol. The van der Waals surface area contributed by atoms with Gasteiger partial charge in [0.05, 0.1) is 18.2 Å². The summed E-state index contributed by atoms with van der Waals surface area (Å²) >= 11 is 0. The Morgan fingerprint density at radius 3 is 2.56 bits per heavy atom. The number of aromatic nitrogens is 3. The average Bonchev–Trinajstić information content (AvgIpc) is 2.86. The number of halogens is 1. The van der Waals surface area contributed by atoms with E-state index in [0.29, 0.717) is 23.5 Å². The van der Waals surface area contributed by atoms with Crippen LogP contribution < -0.4 is 16.0 Å². The van der Waals surface area contributed by atoms with Crippen LogP contribution in [0.5, 0.6) is 11.5 Å². The molecule has 0 amide bonds. The second kappa shape index (κ2) is 11.0. The van der Waals surface area contributed by atoms with Gasteiger partial charge in [0.15, 0.2) is 0 Å². The molecule has 0 atom stereocenters. The Bertz CT molecular complexity index is 1490. The van der Waals surface area contributed by atoms with Crippen LogP contribution >= 0.6 is 0 Å². The molecule has 0 radical (unpaired) electrons. The summed E-state index contributed by atoms with van der Waals surface area (Å²) in [6.45, 7) is 4.55. The van der Waals surface area contributed by atoms with E-state index >= 15 is 0 Å². The first-order valence-electron chi connectivity index (χ1n) is 11.6. The van der Waals surface area contributed by atoms with Crippen molar-refractivity contribution in [3.63, 3.8) is 0 Å². The van der Waals surface area contributed by atoms with Gasteiger partial charge in [-0.25, -0.2) is 14.2 Å². The normalized spacial score (nSPS) is 11.1. The third-order valence-corrected chi connectivity index (χ3v) is 5.84. The highest BCUT2D eigenvalue weighted by Gasteiger charge is 2.19. The first-order chi connectivity index (χ1) is 17.4. The van der Waals surface area contributed by atoms with Crippen molar-refractivity contribution in [2.45, 2.75) is 39.2 Å². The quantitative estimate of drug-likeness (QED) is 0.262. The molecule has 0 saturated heterocycles. The number of H-pyrrole nitrogens is 1. The Labute approximate surface area is 206 Å². The molecule has 0 spiro atoms. The number of ether oxygens (including phenoxy) is 2. The van der Waals surface area contributed by atoms with Crippen LogP contribution in [-0.2, 0) is 22.5 Å². The van der Waals surface area contributed by atoms with Gasteiger partial charge in [0.1, 0.15) is 23.0 Å². The van der Waals surface area contributed by atoms with Crippen molar-refractivity contribution in [3.8, 4) is 11.5 Å². The minimum Gasteiger partial charge on any atom is -0.468 e. The van der Waals surface area contributed by atoms with Crippen molar-refractivity contribution in [1.29, 1.82) is 0 Å². The van der Waals surface area contributed by atoms with Crippen molar-refractivity contribution in [3.05, 3.63) is 98.1 Å². The number of nitrogens with one attached hydrogen (secondary N) is 1. The van der Waals surface area contributed by atoms with Crippen molar-refractivity contribution in [2.24, 2.45) is 0 Å². The highest BCUT2D eigenvalue weighted by atomic mass is 19.1. The number of hydrogen-bond donors (Lipinski definition) is 1. The van der Waals surface area contributed by atoms with E-state index in [1.165, 1.54) is 18.3 Å². The van der Waals surface area contributed by atoms with E-state index in [0.717, 1.165) is 15.7 Å². The molecular weight excluding hydrogens is 465 g/mol. The summed E-state index contributed by atoms with van der Waals surface area (Å²) in [6, 6.07) is 13.6. The van der Waals surface area contributed by atoms with Gasteiger partial charge in [-0.3, -0.25) is 19.1 Å². The lowest BCUT2D eigenvalue weighted by Crippen LogP contribution is -2.36. The van der Waals surface area contributed by atoms with Gasteiger partial charge in [-0.15, -0.1) is 0 Å². The second-order valence-electron chi connectivity index (χ2n) is 8.63. The van der Waals surface area contributed by atoms with Crippen LogP contribution in [0, 0.1) is 5.82 Å². The molecule has 186 valence electrons. The zero-order valence-electron chi connectivity index (χ0n) is 20.0. The number of benzene rings is 2. The lowest BCUT2D eigenvalue weighted by molar-refractivity contribution is -0.128. The first-order valence-corrected chi connectivity index (χ1v) is 11.6. The third-order valence-electron chi connectivity index (χ3n) is 5.84. The Balaban J connectivity index is 1.88. The zero-order chi connectivity index (χ0) is 25.7. The molecule has 4 aromatic rings. The van der Waals surface area contributed by atoms with Gasteiger partial charge in [0.2, 0.25) is 0 Å². The van der Waals surface area contributed by atoms with Crippen LogP contribution in [0.15, 0.2) is 64.3 Å². The summed E-state index contributed by atoms with van der Waals surface area (Å²) < 4.78 is 25.6. The van der Waals surface area contributed by atoms with Crippen LogP contribution in [0.3, 0.4) is 0 Å². The summed E-state index contributed by atoms with van der Waals surface area (Å²) in [6.07, 6.45) is 2.01. The molecule has 0 aliphatic rings. The fraction of sp³-hybridized carbons (Fsp3) is 0.259. The Morgan fingerprint density at radius 2 is 1.83 bits per heavy atom.